The second-order valence-electron chi connectivity index (χ2n) is 6.11. The number of anilines is 1. The van der Waals surface area contributed by atoms with Crippen LogP contribution in [0.2, 0.25) is 0 Å². The SMILES string of the molecule is COC(=O)c1ccc(C(=O)OC)c(S(=O)(=O)Nc2cccc(S(=O)(=O)N(C)C)c2)c1. The molecule has 2 aromatic carbocycles. The van der Waals surface area contributed by atoms with E-state index in [1.54, 1.807) is 0 Å². The van der Waals surface area contributed by atoms with Crippen molar-refractivity contribution in [2.45, 2.75) is 9.79 Å². The Kier molecular flexibility index (Phi) is 6.85. The van der Waals surface area contributed by atoms with Crippen molar-refractivity contribution in [3.8, 4) is 0 Å². The zero-order valence-electron chi connectivity index (χ0n) is 16.6. The van der Waals surface area contributed by atoms with Gasteiger partial charge in [0.2, 0.25) is 10.0 Å². The first kappa shape index (κ1) is 23.3. The molecule has 0 spiro atoms. The topological polar surface area (TPSA) is 136 Å². The Morgan fingerprint density at radius 3 is 2.10 bits per heavy atom. The largest absolute Gasteiger partial charge is 0.465 e. The first-order valence-electron chi connectivity index (χ1n) is 8.30. The van der Waals surface area contributed by atoms with Crippen LogP contribution in [0.5, 0.6) is 0 Å². The van der Waals surface area contributed by atoms with Gasteiger partial charge in [-0.25, -0.2) is 30.7 Å². The van der Waals surface area contributed by atoms with Crippen molar-refractivity contribution in [2.75, 3.05) is 33.0 Å². The number of carbonyl (C=O) groups is 2. The first-order valence-corrected chi connectivity index (χ1v) is 11.2. The average Bonchev–Trinajstić information content (AvgIpc) is 2.71. The van der Waals surface area contributed by atoms with Crippen LogP contribution in [-0.2, 0) is 29.5 Å². The van der Waals surface area contributed by atoms with Gasteiger partial charge in [0.05, 0.1) is 35.9 Å². The highest BCUT2D eigenvalue weighted by atomic mass is 32.2. The molecule has 0 unspecified atom stereocenters. The Bertz CT molecular complexity index is 1190. The van der Waals surface area contributed by atoms with Crippen LogP contribution in [0.25, 0.3) is 0 Å². The molecule has 0 aliphatic heterocycles. The Balaban J connectivity index is 2.57. The average molecular weight is 456 g/mol. The number of esters is 2. The van der Waals surface area contributed by atoms with E-state index >= 15 is 0 Å². The van der Waals surface area contributed by atoms with Gasteiger partial charge in [-0.05, 0) is 36.4 Å². The lowest BCUT2D eigenvalue weighted by Gasteiger charge is -2.15. The molecule has 0 aliphatic carbocycles. The van der Waals surface area contributed by atoms with Crippen LogP contribution in [0.15, 0.2) is 52.3 Å². The van der Waals surface area contributed by atoms with Gasteiger partial charge in [-0.15, -0.1) is 0 Å². The van der Waals surface area contributed by atoms with Gasteiger partial charge in [-0.3, -0.25) is 4.72 Å². The molecule has 0 radical (unpaired) electrons. The van der Waals surface area contributed by atoms with Gasteiger partial charge in [0.25, 0.3) is 10.0 Å². The number of carbonyl (C=O) groups excluding carboxylic acids is 2. The molecule has 10 nitrogen and oxygen atoms in total. The minimum Gasteiger partial charge on any atom is -0.465 e. The number of hydrogen-bond acceptors (Lipinski definition) is 8. The van der Waals surface area contributed by atoms with E-state index < -0.39 is 36.9 Å². The van der Waals surface area contributed by atoms with Crippen LogP contribution in [0.1, 0.15) is 20.7 Å². The zero-order chi connectivity index (χ0) is 22.7. The Morgan fingerprint density at radius 1 is 0.900 bits per heavy atom. The van der Waals surface area contributed by atoms with Crippen LogP contribution in [-0.4, -0.2) is 61.4 Å². The number of nitrogens with zero attached hydrogens (tertiary/aromatic N) is 1. The summed E-state index contributed by atoms with van der Waals surface area (Å²) in [4.78, 5) is 23.2. The van der Waals surface area contributed by atoms with Crippen LogP contribution in [0.3, 0.4) is 0 Å². The predicted molar refractivity (Wildman–Crippen MR) is 107 cm³/mol. The van der Waals surface area contributed by atoms with Crippen molar-refractivity contribution in [2.24, 2.45) is 0 Å². The summed E-state index contributed by atoms with van der Waals surface area (Å²) in [5, 5.41) is 0. The van der Waals surface area contributed by atoms with E-state index in [1.165, 1.54) is 38.4 Å². The summed E-state index contributed by atoms with van der Waals surface area (Å²) in [7, 11) is -3.33. The van der Waals surface area contributed by atoms with Gasteiger partial charge >= 0.3 is 11.9 Å². The molecule has 30 heavy (non-hydrogen) atoms. The monoisotopic (exact) mass is 456 g/mol. The number of methoxy groups -OCH3 is 2. The predicted octanol–water partition coefficient (Wildman–Crippen LogP) is 1.31. The summed E-state index contributed by atoms with van der Waals surface area (Å²) >= 11 is 0. The summed E-state index contributed by atoms with van der Waals surface area (Å²) in [6.07, 6.45) is 0. The zero-order valence-corrected chi connectivity index (χ0v) is 18.2. The van der Waals surface area contributed by atoms with Gasteiger partial charge in [0.15, 0.2) is 0 Å². The Labute approximate surface area is 174 Å². The number of ether oxygens (including phenoxy) is 2. The molecule has 0 aromatic heterocycles. The third-order valence-corrected chi connectivity index (χ3v) is 7.19. The van der Waals surface area contributed by atoms with E-state index in [4.69, 9.17) is 0 Å². The molecule has 0 saturated carbocycles. The van der Waals surface area contributed by atoms with Crippen LogP contribution in [0, 0.1) is 0 Å². The van der Waals surface area contributed by atoms with Crippen molar-refractivity contribution >= 4 is 37.7 Å². The highest BCUT2D eigenvalue weighted by Gasteiger charge is 2.26. The second-order valence-corrected chi connectivity index (χ2v) is 9.92. The molecule has 0 amide bonds. The smallest absolute Gasteiger partial charge is 0.339 e. The van der Waals surface area contributed by atoms with Gasteiger partial charge in [0, 0.05) is 14.1 Å². The summed E-state index contributed by atoms with van der Waals surface area (Å²) in [5.41, 5.74) is -0.471. The van der Waals surface area contributed by atoms with Crippen molar-refractivity contribution in [3.63, 3.8) is 0 Å². The maximum absolute atomic E-state index is 13.0. The molecule has 0 fully saturated rings. The van der Waals surface area contributed by atoms with Gasteiger partial charge in [0.1, 0.15) is 4.90 Å². The second kappa shape index (κ2) is 8.81. The molecule has 0 heterocycles. The van der Waals surface area contributed by atoms with E-state index in [9.17, 15) is 26.4 Å². The maximum Gasteiger partial charge on any atom is 0.339 e. The third-order valence-electron chi connectivity index (χ3n) is 3.96. The normalized spacial score (nSPS) is 11.8. The number of sulfonamides is 2. The lowest BCUT2D eigenvalue weighted by atomic mass is 10.1. The lowest BCUT2D eigenvalue weighted by molar-refractivity contribution is 0.0583. The summed E-state index contributed by atoms with van der Waals surface area (Å²) in [6, 6.07) is 8.47. The highest BCUT2D eigenvalue weighted by Crippen LogP contribution is 2.24. The molecule has 2 aromatic rings. The first-order chi connectivity index (χ1) is 13.9. The van der Waals surface area contributed by atoms with E-state index in [1.807, 2.05) is 0 Å². The summed E-state index contributed by atoms with van der Waals surface area (Å²) in [5.74, 6) is -1.74. The van der Waals surface area contributed by atoms with Gasteiger partial charge < -0.3 is 9.47 Å². The van der Waals surface area contributed by atoms with E-state index in [-0.39, 0.29) is 21.7 Å². The molecule has 1 N–H and O–H groups in total. The van der Waals surface area contributed by atoms with E-state index in [0.29, 0.717) is 0 Å². The number of benzene rings is 2. The van der Waals surface area contributed by atoms with Crippen LogP contribution in [0.4, 0.5) is 5.69 Å². The van der Waals surface area contributed by atoms with E-state index in [2.05, 4.69) is 14.2 Å². The van der Waals surface area contributed by atoms with Gasteiger partial charge in [-0.1, -0.05) is 6.07 Å². The van der Waals surface area contributed by atoms with Crippen molar-refractivity contribution in [3.05, 3.63) is 53.6 Å². The standard InChI is InChI=1S/C18H20N2O8S2/c1-20(2)30(25,26)14-7-5-6-13(11-14)19-29(23,24)16-10-12(17(21)27-3)8-9-15(16)18(22)28-4/h5-11,19H,1-4H3. The summed E-state index contributed by atoms with van der Waals surface area (Å²) < 4.78 is 62.9. The molecule has 12 heteroatoms. The molecule has 2 rings (SSSR count). The van der Waals surface area contributed by atoms with E-state index in [0.717, 1.165) is 36.7 Å². The third kappa shape index (κ3) is 4.78. The molecule has 0 atom stereocenters. The van der Waals surface area contributed by atoms with Gasteiger partial charge in [-0.2, -0.15) is 0 Å². The summed E-state index contributed by atoms with van der Waals surface area (Å²) in [6.45, 7) is 0. The number of nitrogens with one attached hydrogen (secondary N) is 1. The molecule has 162 valence electrons. The Hall–Kier alpha value is -2.96. The quantitative estimate of drug-likeness (QED) is 0.616. The van der Waals surface area contributed by atoms with Crippen molar-refractivity contribution in [1.82, 2.24) is 4.31 Å². The molecule has 0 saturated heterocycles. The lowest BCUT2D eigenvalue weighted by Crippen LogP contribution is -2.22. The fourth-order valence-electron chi connectivity index (χ4n) is 2.41. The number of hydrogen-bond donors (Lipinski definition) is 1. The van der Waals surface area contributed by atoms with Crippen molar-refractivity contribution in [1.29, 1.82) is 0 Å². The number of rotatable bonds is 7. The fraction of sp³-hybridized carbons (Fsp3) is 0.222. The van der Waals surface area contributed by atoms with Crippen LogP contribution >= 0.6 is 0 Å². The highest BCUT2D eigenvalue weighted by molar-refractivity contribution is 7.92. The Morgan fingerprint density at radius 2 is 1.53 bits per heavy atom. The van der Waals surface area contributed by atoms with Crippen LogP contribution < -0.4 is 4.72 Å². The fourth-order valence-corrected chi connectivity index (χ4v) is 4.63. The molecular weight excluding hydrogens is 436 g/mol. The van der Waals surface area contributed by atoms with Crippen molar-refractivity contribution < 1.29 is 35.9 Å². The molecule has 0 aliphatic rings. The minimum atomic E-state index is -4.41. The maximum atomic E-state index is 13.0. The molecular formula is C18H20N2O8S2. The molecule has 0 bridgehead atoms. The minimum absolute atomic E-state index is 0.0581.